The predicted molar refractivity (Wildman–Crippen MR) is 82.2 cm³/mol. The van der Waals surface area contributed by atoms with Gasteiger partial charge in [0, 0.05) is 12.0 Å². The van der Waals surface area contributed by atoms with E-state index in [0.717, 1.165) is 54.9 Å². The van der Waals surface area contributed by atoms with Gasteiger partial charge in [0.05, 0.1) is 0 Å². The number of carboxylic acids is 1. The van der Waals surface area contributed by atoms with Crippen LogP contribution in [0.15, 0.2) is 4.52 Å². The SMILES string of the molecule is O=C(NC1(C(=O)O)CCSCC1)c1noc2c1CCCCC2. The molecule has 120 valence electrons. The number of carbonyl (C=O) groups is 2. The maximum Gasteiger partial charge on any atom is 0.329 e. The van der Waals surface area contributed by atoms with Crippen molar-refractivity contribution in [2.24, 2.45) is 0 Å². The quantitative estimate of drug-likeness (QED) is 0.827. The van der Waals surface area contributed by atoms with Crippen molar-refractivity contribution in [1.82, 2.24) is 10.5 Å². The second-order valence-corrected chi connectivity index (χ2v) is 7.17. The molecule has 0 radical (unpaired) electrons. The Kier molecular flexibility index (Phi) is 4.42. The number of hydrogen-bond acceptors (Lipinski definition) is 5. The van der Waals surface area contributed by atoms with Crippen LogP contribution in [-0.4, -0.2) is 39.2 Å². The number of rotatable bonds is 3. The predicted octanol–water partition coefficient (Wildman–Crippen LogP) is 2.02. The molecule has 0 saturated carbocycles. The first-order valence-electron chi connectivity index (χ1n) is 7.73. The van der Waals surface area contributed by atoms with Crippen molar-refractivity contribution in [1.29, 1.82) is 0 Å². The molecule has 1 amide bonds. The zero-order chi connectivity index (χ0) is 15.6. The lowest BCUT2D eigenvalue weighted by Crippen LogP contribution is -2.56. The van der Waals surface area contributed by atoms with Gasteiger partial charge in [0.25, 0.3) is 5.91 Å². The number of amides is 1. The molecule has 3 rings (SSSR count). The Morgan fingerprint density at radius 3 is 2.64 bits per heavy atom. The van der Waals surface area contributed by atoms with Crippen molar-refractivity contribution in [2.75, 3.05) is 11.5 Å². The number of nitrogens with zero attached hydrogens (tertiary/aromatic N) is 1. The Balaban J connectivity index is 1.82. The number of carbonyl (C=O) groups excluding carboxylic acids is 1. The molecule has 1 aromatic heterocycles. The van der Waals surface area contributed by atoms with Gasteiger partial charge in [-0.1, -0.05) is 11.6 Å². The Labute approximate surface area is 133 Å². The van der Waals surface area contributed by atoms with E-state index in [9.17, 15) is 14.7 Å². The summed E-state index contributed by atoms with van der Waals surface area (Å²) in [6.45, 7) is 0. The number of thioether (sulfide) groups is 1. The minimum atomic E-state index is -1.17. The van der Waals surface area contributed by atoms with E-state index in [4.69, 9.17) is 4.52 Å². The Bertz CT molecular complexity index is 578. The van der Waals surface area contributed by atoms with Crippen LogP contribution in [0.5, 0.6) is 0 Å². The van der Waals surface area contributed by atoms with E-state index in [2.05, 4.69) is 10.5 Å². The van der Waals surface area contributed by atoms with Gasteiger partial charge in [-0.15, -0.1) is 0 Å². The van der Waals surface area contributed by atoms with E-state index >= 15 is 0 Å². The molecule has 1 aliphatic heterocycles. The molecule has 2 aliphatic rings. The summed E-state index contributed by atoms with van der Waals surface area (Å²) in [5.74, 6) is 0.885. The molecule has 0 unspecified atom stereocenters. The third kappa shape index (κ3) is 2.86. The van der Waals surface area contributed by atoms with Crippen LogP contribution in [0.25, 0.3) is 0 Å². The maximum atomic E-state index is 12.6. The summed E-state index contributed by atoms with van der Waals surface area (Å²) in [5.41, 5.74) is -0.0321. The molecule has 0 spiro atoms. The molecule has 1 aromatic rings. The lowest BCUT2D eigenvalue weighted by molar-refractivity contribution is -0.144. The van der Waals surface area contributed by atoms with Gasteiger partial charge in [-0.2, -0.15) is 11.8 Å². The zero-order valence-electron chi connectivity index (χ0n) is 12.4. The third-order valence-electron chi connectivity index (χ3n) is 4.52. The standard InChI is InChI=1S/C15H20N2O4S/c18-13(16-15(14(19)20)6-8-22-9-7-15)12-10-4-2-1-3-5-11(10)21-17-12/h1-9H2,(H,16,18)(H,19,20). The highest BCUT2D eigenvalue weighted by Crippen LogP contribution is 2.29. The van der Waals surface area contributed by atoms with Gasteiger partial charge in [0.15, 0.2) is 5.69 Å². The van der Waals surface area contributed by atoms with Crippen LogP contribution in [0, 0.1) is 0 Å². The normalized spacial score (nSPS) is 20.7. The van der Waals surface area contributed by atoms with Gasteiger partial charge >= 0.3 is 5.97 Å². The number of hydrogen-bond donors (Lipinski definition) is 2. The van der Waals surface area contributed by atoms with E-state index < -0.39 is 17.4 Å². The molecule has 1 saturated heterocycles. The molecule has 1 aliphatic carbocycles. The number of aliphatic carboxylic acids is 1. The maximum absolute atomic E-state index is 12.6. The molecule has 0 aromatic carbocycles. The molecule has 22 heavy (non-hydrogen) atoms. The van der Waals surface area contributed by atoms with Gasteiger partial charge in [-0.25, -0.2) is 4.79 Å². The average Bonchev–Trinajstić information content (AvgIpc) is 2.77. The van der Waals surface area contributed by atoms with Crippen LogP contribution in [0.4, 0.5) is 0 Å². The Morgan fingerprint density at radius 2 is 1.91 bits per heavy atom. The largest absolute Gasteiger partial charge is 0.480 e. The van der Waals surface area contributed by atoms with Gasteiger partial charge in [0.1, 0.15) is 11.3 Å². The van der Waals surface area contributed by atoms with Gasteiger partial charge < -0.3 is 14.9 Å². The average molecular weight is 324 g/mol. The molecule has 2 N–H and O–H groups in total. The highest BCUT2D eigenvalue weighted by Gasteiger charge is 2.42. The second-order valence-electron chi connectivity index (χ2n) is 5.95. The van der Waals surface area contributed by atoms with Gasteiger partial charge in [-0.05, 0) is 43.6 Å². The third-order valence-corrected chi connectivity index (χ3v) is 5.51. The zero-order valence-corrected chi connectivity index (χ0v) is 13.2. The van der Waals surface area contributed by atoms with Crippen LogP contribution < -0.4 is 5.32 Å². The molecular weight excluding hydrogens is 304 g/mol. The first-order chi connectivity index (χ1) is 10.6. The van der Waals surface area contributed by atoms with Crippen LogP contribution >= 0.6 is 11.8 Å². The summed E-state index contributed by atoms with van der Waals surface area (Å²) in [5, 5.41) is 16.2. The minimum absolute atomic E-state index is 0.274. The first-order valence-corrected chi connectivity index (χ1v) is 8.89. The monoisotopic (exact) mass is 324 g/mol. The van der Waals surface area contributed by atoms with Crippen molar-refractivity contribution >= 4 is 23.6 Å². The number of fused-ring (bicyclic) bond motifs is 1. The van der Waals surface area contributed by atoms with E-state index in [0.29, 0.717) is 12.8 Å². The number of nitrogens with one attached hydrogen (secondary N) is 1. The topological polar surface area (TPSA) is 92.4 Å². The highest BCUT2D eigenvalue weighted by molar-refractivity contribution is 7.99. The minimum Gasteiger partial charge on any atom is -0.480 e. The van der Waals surface area contributed by atoms with Gasteiger partial charge in [-0.3, -0.25) is 4.79 Å². The van der Waals surface area contributed by atoms with E-state index in [1.165, 1.54) is 0 Å². The van der Waals surface area contributed by atoms with Crippen LogP contribution in [0.3, 0.4) is 0 Å². The summed E-state index contributed by atoms with van der Waals surface area (Å²) in [6.07, 6.45) is 5.63. The van der Waals surface area contributed by atoms with Gasteiger partial charge in [0.2, 0.25) is 0 Å². The first kappa shape index (κ1) is 15.4. The number of aryl methyl sites for hydroxylation is 1. The van der Waals surface area contributed by atoms with Crippen molar-refractivity contribution in [3.8, 4) is 0 Å². The molecule has 7 heteroatoms. The van der Waals surface area contributed by atoms with Crippen LogP contribution in [0.1, 0.15) is 53.9 Å². The number of carboxylic acid groups (broad SMARTS) is 1. The summed E-state index contributed by atoms with van der Waals surface area (Å²) < 4.78 is 5.31. The van der Waals surface area contributed by atoms with Crippen molar-refractivity contribution in [3.63, 3.8) is 0 Å². The smallest absolute Gasteiger partial charge is 0.329 e. The van der Waals surface area contributed by atoms with E-state index in [1.54, 1.807) is 11.8 Å². The summed E-state index contributed by atoms with van der Waals surface area (Å²) in [4.78, 5) is 24.2. The lowest BCUT2D eigenvalue weighted by Gasteiger charge is -2.33. The molecule has 2 heterocycles. The molecular formula is C15H20N2O4S. The summed E-state index contributed by atoms with van der Waals surface area (Å²) in [7, 11) is 0. The summed E-state index contributed by atoms with van der Waals surface area (Å²) >= 11 is 1.72. The van der Waals surface area contributed by atoms with Crippen LogP contribution in [0.2, 0.25) is 0 Å². The van der Waals surface area contributed by atoms with E-state index in [-0.39, 0.29) is 5.69 Å². The fourth-order valence-electron chi connectivity index (χ4n) is 3.13. The van der Waals surface area contributed by atoms with Crippen molar-refractivity contribution < 1.29 is 19.2 Å². The Hall–Kier alpha value is -1.50. The fourth-order valence-corrected chi connectivity index (χ4v) is 4.32. The molecule has 0 bridgehead atoms. The molecule has 6 nitrogen and oxygen atoms in total. The second kappa shape index (κ2) is 6.32. The van der Waals surface area contributed by atoms with Crippen LogP contribution in [-0.2, 0) is 17.6 Å². The number of aromatic nitrogens is 1. The molecule has 1 fully saturated rings. The Morgan fingerprint density at radius 1 is 1.18 bits per heavy atom. The summed E-state index contributed by atoms with van der Waals surface area (Å²) in [6, 6.07) is 0. The van der Waals surface area contributed by atoms with Crippen molar-refractivity contribution in [3.05, 3.63) is 17.0 Å². The fraction of sp³-hybridized carbons (Fsp3) is 0.667. The van der Waals surface area contributed by atoms with E-state index in [1.807, 2.05) is 0 Å². The molecule has 0 atom stereocenters. The van der Waals surface area contributed by atoms with Crippen molar-refractivity contribution in [2.45, 2.75) is 50.5 Å². The lowest BCUT2D eigenvalue weighted by atomic mass is 9.92. The highest BCUT2D eigenvalue weighted by atomic mass is 32.2.